The molecule has 0 aromatic heterocycles. The Kier molecular flexibility index (Phi) is 3.71. The maximum Gasteiger partial charge on any atom is 0.164 e. The first-order valence-corrected chi connectivity index (χ1v) is 8.26. The second kappa shape index (κ2) is 5.23. The van der Waals surface area contributed by atoms with E-state index in [1.54, 1.807) is 0 Å². The number of hydrogen-bond donors (Lipinski definition) is 1. The monoisotopic (exact) mass is 339 g/mol. The number of ether oxygens (including phenoxy) is 2. The molecule has 4 heteroatoms. The summed E-state index contributed by atoms with van der Waals surface area (Å²) < 4.78 is 12.9. The standard InChI is InChI=1S/C16H22BrNO2/c1-3-11-14(16(5-6-16)10(2)18)12(17)9-13-15(11)20-8-4-7-19-13/h9-10H,3-8,18H2,1-2H3. The van der Waals surface area contributed by atoms with Crippen molar-refractivity contribution in [2.45, 2.75) is 51.0 Å². The van der Waals surface area contributed by atoms with Gasteiger partial charge < -0.3 is 15.2 Å². The third-order valence-electron chi connectivity index (χ3n) is 4.60. The number of halogens is 1. The van der Waals surface area contributed by atoms with E-state index in [-0.39, 0.29) is 11.5 Å². The molecule has 20 heavy (non-hydrogen) atoms. The van der Waals surface area contributed by atoms with E-state index in [9.17, 15) is 0 Å². The number of hydrogen-bond acceptors (Lipinski definition) is 3. The number of benzene rings is 1. The smallest absolute Gasteiger partial charge is 0.164 e. The highest BCUT2D eigenvalue weighted by Crippen LogP contribution is 2.56. The zero-order valence-corrected chi connectivity index (χ0v) is 13.8. The molecule has 1 aromatic rings. The van der Waals surface area contributed by atoms with Gasteiger partial charge in [-0.1, -0.05) is 22.9 Å². The Hall–Kier alpha value is -0.740. The summed E-state index contributed by atoms with van der Waals surface area (Å²) in [5, 5.41) is 0. The number of nitrogens with two attached hydrogens (primary N) is 1. The Morgan fingerprint density at radius 1 is 1.35 bits per heavy atom. The van der Waals surface area contributed by atoms with Crippen molar-refractivity contribution in [3.05, 3.63) is 21.7 Å². The SMILES string of the molecule is CCc1c2c(cc(Br)c1C1(C(C)N)CC1)OCCCO2. The van der Waals surface area contributed by atoms with Crippen LogP contribution in [0.3, 0.4) is 0 Å². The van der Waals surface area contributed by atoms with Crippen molar-refractivity contribution in [1.29, 1.82) is 0 Å². The van der Waals surface area contributed by atoms with Crippen LogP contribution in [-0.4, -0.2) is 19.3 Å². The lowest BCUT2D eigenvalue weighted by Crippen LogP contribution is -2.33. The van der Waals surface area contributed by atoms with Crippen LogP contribution in [0.1, 0.15) is 44.2 Å². The highest BCUT2D eigenvalue weighted by Gasteiger charge is 2.50. The minimum absolute atomic E-state index is 0.120. The van der Waals surface area contributed by atoms with Gasteiger partial charge in [0.25, 0.3) is 0 Å². The highest BCUT2D eigenvalue weighted by molar-refractivity contribution is 9.10. The average molecular weight is 340 g/mol. The Bertz CT molecular complexity index is 524. The van der Waals surface area contributed by atoms with Gasteiger partial charge in [0.2, 0.25) is 0 Å². The first-order valence-electron chi connectivity index (χ1n) is 7.47. The van der Waals surface area contributed by atoms with Crippen molar-refractivity contribution >= 4 is 15.9 Å². The van der Waals surface area contributed by atoms with Crippen LogP contribution < -0.4 is 15.2 Å². The lowest BCUT2D eigenvalue weighted by molar-refractivity contribution is 0.296. The van der Waals surface area contributed by atoms with Gasteiger partial charge in [0.05, 0.1) is 13.2 Å². The predicted octanol–water partition coefficient (Wildman–Crippen LogP) is 3.55. The van der Waals surface area contributed by atoms with Crippen LogP contribution in [-0.2, 0) is 11.8 Å². The third kappa shape index (κ3) is 2.13. The van der Waals surface area contributed by atoms with Crippen molar-refractivity contribution < 1.29 is 9.47 Å². The van der Waals surface area contributed by atoms with Crippen molar-refractivity contribution in [3.63, 3.8) is 0 Å². The van der Waals surface area contributed by atoms with Crippen LogP contribution in [0.15, 0.2) is 10.5 Å². The summed E-state index contributed by atoms with van der Waals surface area (Å²) in [6, 6.07) is 2.23. The first kappa shape index (κ1) is 14.2. The van der Waals surface area contributed by atoms with E-state index in [1.165, 1.54) is 11.1 Å². The molecule has 1 aromatic carbocycles. The molecule has 1 unspecified atom stereocenters. The number of rotatable bonds is 3. The summed E-state index contributed by atoms with van der Waals surface area (Å²) in [5.74, 6) is 1.81. The summed E-state index contributed by atoms with van der Waals surface area (Å²) in [6.07, 6.45) is 4.20. The van der Waals surface area contributed by atoms with Crippen molar-refractivity contribution in [3.8, 4) is 11.5 Å². The van der Waals surface area contributed by atoms with Gasteiger partial charge in [-0.3, -0.25) is 0 Å². The molecule has 1 atom stereocenters. The second-order valence-corrected chi connectivity index (χ2v) is 6.74. The largest absolute Gasteiger partial charge is 0.490 e. The molecule has 110 valence electrons. The summed E-state index contributed by atoms with van der Waals surface area (Å²) >= 11 is 3.75. The minimum atomic E-state index is 0.120. The molecule has 1 fully saturated rings. The fourth-order valence-electron chi connectivity index (χ4n) is 3.28. The third-order valence-corrected chi connectivity index (χ3v) is 5.23. The minimum Gasteiger partial charge on any atom is -0.490 e. The van der Waals surface area contributed by atoms with Crippen molar-refractivity contribution in [2.24, 2.45) is 5.73 Å². The van der Waals surface area contributed by atoms with Gasteiger partial charge >= 0.3 is 0 Å². The molecule has 2 aliphatic rings. The Labute approximate surface area is 129 Å². The second-order valence-electron chi connectivity index (χ2n) is 5.89. The highest BCUT2D eigenvalue weighted by atomic mass is 79.9. The molecule has 3 nitrogen and oxygen atoms in total. The van der Waals surface area contributed by atoms with E-state index in [0.717, 1.165) is 54.9 Å². The van der Waals surface area contributed by atoms with E-state index in [2.05, 4.69) is 35.8 Å². The average Bonchev–Trinajstić information content (AvgIpc) is 3.21. The Balaban J connectivity index is 2.17. The van der Waals surface area contributed by atoms with Crippen LogP contribution in [0.4, 0.5) is 0 Å². The molecule has 2 N–H and O–H groups in total. The molecule has 3 rings (SSSR count). The topological polar surface area (TPSA) is 44.5 Å². The molecule has 0 radical (unpaired) electrons. The van der Waals surface area contributed by atoms with E-state index < -0.39 is 0 Å². The summed E-state index contributed by atoms with van der Waals surface area (Å²) in [5.41, 5.74) is 9.01. The normalized spacial score (nSPS) is 21.2. The summed E-state index contributed by atoms with van der Waals surface area (Å²) in [7, 11) is 0. The molecule has 1 aliphatic carbocycles. The van der Waals surface area contributed by atoms with E-state index in [1.807, 2.05) is 0 Å². The maximum absolute atomic E-state index is 6.27. The van der Waals surface area contributed by atoms with Crippen LogP contribution in [0.2, 0.25) is 0 Å². The van der Waals surface area contributed by atoms with Crippen molar-refractivity contribution in [2.75, 3.05) is 13.2 Å². The molecular weight excluding hydrogens is 318 g/mol. The quantitative estimate of drug-likeness (QED) is 0.915. The molecule has 1 aliphatic heterocycles. The Morgan fingerprint density at radius 3 is 2.65 bits per heavy atom. The number of fused-ring (bicyclic) bond motifs is 1. The van der Waals surface area contributed by atoms with Crippen LogP contribution in [0.25, 0.3) is 0 Å². The summed E-state index contributed by atoms with van der Waals surface area (Å²) in [6.45, 7) is 5.74. The molecule has 0 spiro atoms. The predicted molar refractivity (Wildman–Crippen MR) is 83.7 cm³/mol. The van der Waals surface area contributed by atoms with E-state index in [0.29, 0.717) is 0 Å². The van der Waals surface area contributed by atoms with Gasteiger partial charge in [-0.25, -0.2) is 0 Å². The molecule has 0 bridgehead atoms. The lowest BCUT2D eigenvalue weighted by Gasteiger charge is -2.27. The fourth-order valence-corrected chi connectivity index (χ4v) is 4.13. The molecule has 1 heterocycles. The van der Waals surface area contributed by atoms with Gasteiger partial charge in [-0.2, -0.15) is 0 Å². The van der Waals surface area contributed by atoms with Gasteiger partial charge in [0, 0.05) is 27.9 Å². The van der Waals surface area contributed by atoms with Crippen LogP contribution >= 0.6 is 15.9 Å². The lowest BCUT2D eigenvalue weighted by atomic mass is 9.84. The maximum atomic E-state index is 6.27. The summed E-state index contributed by atoms with van der Waals surface area (Å²) in [4.78, 5) is 0. The van der Waals surface area contributed by atoms with E-state index in [4.69, 9.17) is 15.2 Å². The van der Waals surface area contributed by atoms with Crippen LogP contribution in [0, 0.1) is 0 Å². The zero-order valence-electron chi connectivity index (χ0n) is 12.2. The Morgan fingerprint density at radius 2 is 2.05 bits per heavy atom. The van der Waals surface area contributed by atoms with Gasteiger partial charge in [0.15, 0.2) is 11.5 Å². The molecular formula is C16H22BrNO2. The molecule has 1 saturated carbocycles. The van der Waals surface area contributed by atoms with Crippen molar-refractivity contribution in [1.82, 2.24) is 0 Å². The first-order chi connectivity index (χ1) is 9.60. The van der Waals surface area contributed by atoms with Gasteiger partial charge in [-0.05, 0) is 37.8 Å². The van der Waals surface area contributed by atoms with Crippen LogP contribution in [0.5, 0.6) is 11.5 Å². The van der Waals surface area contributed by atoms with Gasteiger partial charge in [-0.15, -0.1) is 0 Å². The van der Waals surface area contributed by atoms with Gasteiger partial charge in [0.1, 0.15) is 0 Å². The van der Waals surface area contributed by atoms with E-state index >= 15 is 0 Å². The molecule has 0 amide bonds. The fraction of sp³-hybridized carbons (Fsp3) is 0.625. The zero-order chi connectivity index (χ0) is 14.3. The molecule has 0 saturated heterocycles.